The van der Waals surface area contributed by atoms with Crippen LogP contribution in [-0.2, 0) is 6.61 Å². The first-order valence-electron chi connectivity index (χ1n) is 8.00. The topological polar surface area (TPSA) is 37.5 Å². The van der Waals surface area contributed by atoms with Gasteiger partial charge in [0.25, 0.3) is 0 Å². The molecule has 0 amide bonds. The van der Waals surface area contributed by atoms with Crippen molar-refractivity contribution in [1.82, 2.24) is 9.38 Å². The van der Waals surface area contributed by atoms with E-state index < -0.39 is 35.4 Å². The second kappa shape index (κ2) is 6.51. The number of aliphatic hydroxyl groups excluding tert-OH is 1. The Kier molecular flexibility index (Phi) is 4.16. The first-order chi connectivity index (χ1) is 13.0. The molecule has 0 saturated carbocycles. The molecule has 136 valence electrons. The summed E-state index contributed by atoms with van der Waals surface area (Å²) in [5, 5.41) is 9.16. The van der Waals surface area contributed by atoms with Gasteiger partial charge in [0.05, 0.1) is 12.3 Å². The number of pyridine rings is 1. The van der Waals surface area contributed by atoms with Gasteiger partial charge in [-0.25, -0.2) is 22.5 Å². The molecule has 4 rings (SSSR count). The van der Waals surface area contributed by atoms with Crippen molar-refractivity contribution in [3.05, 3.63) is 83.7 Å². The number of rotatable bonds is 3. The lowest BCUT2D eigenvalue weighted by atomic mass is 10.0. The van der Waals surface area contributed by atoms with E-state index in [0.717, 1.165) is 18.2 Å². The predicted octanol–water partition coefficient (Wildman–Crippen LogP) is 4.72. The van der Waals surface area contributed by atoms with E-state index in [1.54, 1.807) is 28.9 Å². The van der Waals surface area contributed by atoms with Crippen LogP contribution in [0.5, 0.6) is 0 Å². The summed E-state index contributed by atoms with van der Waals surface area (Å²) in [6, 6.07) is 9.09. The number of imidazole rings is 1. The van der Waals surface area contributed by atoms with Crippen molar-refractivity contribution >= 4 is 5.65 Å². The first-order valence-corrected chi connectivity index (χ1v) is 8.00. The Balaban J connectivity index is 1.81. The zero-order valence-corrected chi connectivity index (χ0v) is 13.8. The molecule has 27 heavy (non-hydrogen) atoms. The molecule has 4 aromatic rings. The van der Waals surface area contributed by atoms with Gasteiger partial charge in [-0.05, 0) is 42.5 Å². The summed E-state index contributed by atoms with van der Waals surface area (Å²) < 4.78 is 56.2. The van der Waals surface area contributed by atoms with Crippen LogP contribution in [0.4, 0.5) is 17.6 Å². The average molecular weight is 372 g/mol. The fourth-order valence-electron chi connectivity index (χ4n) is 2.91. The molecule has 0 spiro atoms. The summed E-state index contributed by atoms with van der Waals surface area (Å²) >= 11 is 0. The van der Waals surface area contributed by atoms with Crippen LogP contribution in [0, 0.1) is 23.3 Å². The third-order valence-corrected chi connectivity index (χ3v) is 4.32. The molecule has 0 unspecified atom stereocenters. The summed E-state index contributed by atoms with van der Waals surface area (Å²) in [5.41, 5.74) is 1.51. The molecule has 0 atom stereocenters. The van der Waals surface area contributed by atoms with E-state index in [1.165, 1.54) is 12.1 Å². The van der Waals surface area contributed by atoms with E-state index in [4.69, 9.17) is 5.11 Å². The summed E-state index contributed by atoms with van der Waals surface area (Å²) in [4.78, 5) is 4.34. The fraction of sp³-hybridized carbons (Fsp3) is 0.0500. The molecule has 0 aliphatic heterocycles. The molecule has 0 aliphatic rings. The van der Waals surface area contributed by atoms with Gasteiger partial charge in [-0.3, -0.25) is 0 Å². The molecule has 0 saturated heterocycles. The lowest BCUT2D eigenvalue weighted by molar-refractivity contribution is 0.269. The number of hydrogen-bond acceptors (Lipinski definition) is 2. The summed E-state index contributed by atoms with van der Waals surface area (Å²) in [5.74, 6) is -3.58. The van der Waals surface area contributed by atoms with Gasteiger partial charge in [0.1, 0.15) is 17.3 Å². The Morgan fingerprint density at radius 3 is 2.30 bits per heavy atom. The van der Waals surface area contributed by atoms with E-state index in [9.17, 15) is 17.6 Å². The van der Waals surface area contributed by atoms with Gasteiger partial charge in [-0.2, -0.15) is 0 Å². The van der Waals surface area contributed by atoms with Crippen molar-refractivity contribution in [2.24, 2.45) is 0 Å². The third kappa shape index (κ3) is 2.96. The van der Waals surface area contributed by atoms with Gasteiger partial charge in [-0.1, -0.05) is 0 Å². The largest absolute Gasteiger partial charge is 0.391 e. The van der Waals surface area contributed by atoms with Gasteiger partial charge in [0.2, 0.25) is 0 Å². The minimum Gasteiger partial charge on any atom is -0.391 e. The molecule has 2 heterocycles. The Bertz CT molecular complexity index is 1170. The van der Waals surface area contributed by atoms with E-state index >= 15 is 0 Å². The number of aliphatic hydroxyl groups is 1. The minimum absolute atomic E-state index is 0.130. The maximum atomic E-state index is 14.5. The number of halogens is 4. The lowest BCUT2D eigenvalue weighted by Gasteiger charge is -2.08. The maximum absolute atomic E-state index is 14.5. The quantitative estimate of drug-likeness (QED) is 0.529. The molecule has 0 radical (unpaired) electrons. The highest BCUT2D eigenvalue weighted by molar-refractivity contribution is 5.68. The number of nitrogens with zero attached hydrogens (tertiary/aromatic N) is 2. The normalized spacial score (nSPS) is 11.3. The van der Waals surface area contributed by atoms with Crippen molar-refractivity contribution in [2.75, 3.05) is 0 Å². The number of benzene rings is 2. The highest BCUT2D eigenvalue weighted by Gasteiger charge is 2.15. The van der Waals surface area contributed by atoms with Crippen molar-refractivity contribution in [1.29, 1.82) is 0 Å². The Hall–Kier alpha value is -3.19. The van der Waals surface area contributed by atoms with E-state index in [0.29, 0.717) is 22.5 Å². The van der Waals surface area contributed by atoms with Crippen LogP contribution in [0.15, 0.2) is 54.9 Å². The molecular formula is C20H12F4N2O. The van der Waals surface area contributed by atoms with Crippen LogP contribution in [0.2, 0.25) is 0 Å². The standard InChI is InChI=1S/C20H12F4N2O/c21-15-5-3-13(20(24)14(15)10-27)12-2-6-19-25-18(9-26(19)8-12)11-1-4-16(22)17(23)7-11/h1-9,27H,10H2. The maximum Gasteiger partial charge on any atom is 0.159 e. The van der Waals surface area contributed by atoms with Crippen molar-refractivity contribution in [3.8, 4) is 22.4 Å². The number of fused-ring (bicyclic) bond motifs is 1. The molecule has 1 N–H and O–H groups in total. The Morgan fingerprint density at radius 2 is 1.56 bits per heavy atom. The Morgan fingerprint density at radius 1 is 0.815 bits per heavy atom. The summed E-state index contributed by atoms with van der Waals surface area (Å²) in [7, 11) is 0. The number of aromatic nitrogens is 2. The fourth-order valence-corrected chi connectivity index (χ4v) is 2.91. The molecule has 0 fully saturated rings. The zero-order chi connectivity index (χ0) is 19.1. The average Bonchev–Trinajstić information content (AvgIpc) is 3.07. The smallest absolute Gasteiger partial charge is 0.159 e. The third-order valence-electron chi connectivity index (χ3n) is 4.32. The van der Waals surface area contributed by atoms with Crippen molar-refractivity contribution in [3.63, 3.8) is 0 Å². The highest BCUT2D eigenvalue weighted by atomic mass is 19.2. The molecule has 0 aliphatic carbocycles. The van der Waals surface area contributed by atoms with Crippen LogP contribution in [0.3, 0.4) is 0 Å². The summed E-state index contributed by atoms with van der Waals surface area (Å²) in [6.45, 7) is -0.751. The SMILES string of the molecule is OCc1c(F)ccc(-c2ccc3nc(-c4ccc(F)c(F)c4)cn3c2)c1F. The highest BCUT2D eigenvalue weighted by Crippen LogP contribution is 2.28. The zero-order valence-electron chi connectivity index (χ0n) is 13.8. The monoisotopic (exact) mass is 372 g/mol. The summed E-state index contributed by atoms with van der Waals surface area (Å²) in [6.07, 6.45) is 3.18. The lowest BCUT2D eigenvalue weighted by Crippen LogP contribution is -1.98. The molecule has 7 heteroatoms. The van der Waals surface area contributed by atoms with E-state index in [2.05, 4.69) is 4.98 Å². The van der Waals surface area contributed by atoms with Gasteiger partial charge >= 0.3 is 0 Å². The van der Waals surface area contributed by atoms with Gasteiger partial charge < -0.3 is 9.51 Å². The van der Waals surface area contributed by atoms with Crippen LogP contribution in [-0.4, -0.2) is 14.5 Å². The first kappa shape index (κ1) is 17.2. The van der Waals surface area contributed by atoms with Crippen molar-refractivity contribution in [2.45, 2.75) is 6.61 Å². The van der Waals surface area contributed by atoms with Crippen LogP contribution >= 0.6 is 0 Å². The molecule has 2 aromatic carbocycles. The molecule has 2 aromatic heterocycles. The van der Waals surface area contributed by atoms with E-state index in [1.807, 2.05) is 0 Å². The second-order valence-corrected chi connectivity index (χ2v) is 5.98. The van der Waals surface area contributed by atoms with Gasteiger partial charge in [0, 0.05) is 34.6 Å². The molecule has 3 nitrogen and oxygen atoms in total. The molecule has 0 bridgehead atoms. The Labute approximate surface area is 151 Å². The van der Waals surface area contributed by atoms with Gasteiger partial charge in [0.15, 0.2) is 11.6 Å². The number of hydrogen-bond donors (Lipinski definition) is 1. The molecular weight excluding hydrogens is 360 g/mol. The predicted molar refractivity (Wildman–Crippen MR) is 91.8 cm³/mol. The minimum atomic E-state index is -0.977. The van der Waals surface area contributed by atoms with Crippen LogP contribution in [0.25, 0.3) is 28.0 Å². The van der Waals surface area contributed by atoms with Gasteiger partial charge in [-0.15, -0.1) is 0 Å². The van der Waals surface area contributed by atoms with Crippen LogP contribution in [0.1, 0.15) is 5.56 Å². The second-order valence-electron chi connectivity index (χ2n) is 5.98. The van der Waals surface area contributed by atoms with E-state index in [-0.39, 0.29) is 5.56 Å². The van der Waals surface area contributed by atoms with Crippen molar-refractivity contribution < 1.29 is 22.7 Å². The van der Waals surface area contributed by atoms with Crippen LogP contribution < -0.4 is 0 Å².